The standard InChI is InChI=1S/C18H22N2O4/c1-11-14-10-13(23-2)3-4-15(14)24-17(11)18(22)20-7-5-12(6-8-20)9-16(19)21/h3-4,10,12H,5-9H2,1-2H3,(H2,19,21). The number of hydrogen-bond acceptors (Lipinski definition) is 4. The number of carbonyl (C=O) groups is 2. The van der Waals surface area contributed by atoms with E-state index in [1.54, 1.807) is 12.0 Å². The van der Waals surface area contributed by atoms with Gasteiger partial charge in [0.25, 0.3) is 5.91 Å². The van der Waals surface area contributed by atoms with E-state index in [1.165, 1.54) is 0 Å². The Morgan fingerprint density at radius 1 is 1.33 bits per heavy atom. The van der Waals surface area contributed by atoms with Crippen LogP contribution in [0.15, 0.2) is 22.6 Å². The number of amides is 2. The lowest BCUT2D eigenvalue weighted by molar-refractivity contribution is -0.119. The summed E-state index contributed by atoms with van der Waals surface area (Å²) in [5.41, 5.74) is 6.76. The summed E-state index contributed by atoms with van der Waals surface area (Å²) >= 11 is 0. The molecule has 0 spiro atoms. The zero-order valence-corrected chi connectivity index (χ0v) is 14.0. The summed E-state index contributed by atoms with van der Waals surface area (Å²) in [6, 6.07) is 5.51. The van der Waals surface area contributed by atoms with Crippen LogP contribution in [-0.2, 0) is 4.79 Å². The molecule has 2 heterocycles. The lowest BCUT2D eigenvalue weighted by atomic mass is 9.93. The SMILES string of the molecule is COc1ccc2oc(C(=O)N3CCC(CC(N)=O)CC3)c(C)c2c1. The van der Waals surface area contributed by atoms with Crippen molar-refractivity contribution in [2.24, 2.45) is 11.7 Å². The molecule has 2 aromatic rings. The van der Waals surface area contributed by atoms with Crippen molar-refractivity contribution < 1.29 is 18.7 Å². The zero-order valence-electron chi connectivity index (χ0n) is 14.0. The van der Waals surface area contributed by atoms with E-state index in [0.29, 0.717) is 30.9 Å². The lowest BCUT2D eigenvalue weighted by Gasteiger charge is -2.31. The molecule has 2 amide bonds. The Bertz CT molecular complexity index is 773. The Morgan fingerprint density at radius 3 is 2.67 bits per heavy atom. The van der Waals surface area contributed by atoms with Crippen molar-refractivity contribution in [3.8, 4) is 5.75 Å². The van der Waals surface area contributed by atoms with Crippen molar-refractivity contribution in [2.75, 3.05) is 20.2 Å². The number of nitrogens with zero attached hydrogens (tertiary/aromatic N) is 1. The van der Waals surface area contributed by atoms with Gasteiger partial charge >= 0.3 is 0 Å². The number of methoxy groups -OCH3 is 1. The van der Waals surface area contributed by atoms with E-state index in [0.717, 1.165) is 29.5 Å². The van der Waals surface area contributed by atoms with E-state index in [-0.39, 0.29) is 17.7 Å². The van der Waals surface area contributed by atoms with Crippen molar-refractivity contribution in [2.45, 2.75) is 26.2 Å². The third-order valence-electron chi connectivity index (χ3n) is 4.73. The Morgan fingerprint density at radius 2 is 2.04 bits per heavy atom. The predicted octanol–water partition coefficient (Wildman–Crippen LogP) is 2.48. The number of hydrogen-bond donors (Lipinski definition) is 1. The summed E-state index contributed by atoms with van der Waals surface area (Å²) in [5.74, 6) is 1.01. The fourth-order valence-electron chi connectivity index (χ4n) is 3.30. The number of furan rings is 1. The van der Waals surface area contributed by atoms with Crippen LogP contribution in [-0.4, -0.2) is 36.9 Å². The van der Waals surface area contributed by atoms with Crippen LogP contribution in [0, 0.1) is 12.8 Å². The van der Waals surface area contributed by atoms with Gasteiger partial charge in [-0.05, 0) is 43.9 Å². The van der Waals surface area contributed by atoms with E-state index in [9.17, 15) is 9.59 Å². The van der Waals surface area contributed by atoms with E-state index in [1.807, 2.05) is 25.1 Å². The molecule has 128 valence electrons. The first kappa shape index (κ1) is 16.4. The van der Waals surface area contributed by atoms with Crippen molar-refractivity contribution in [1.82, 2.24) is 4.90 Å². The summed E-state index contributed by atoms with van der Waals surface area (Å²) in [5, 5.41) is 0.890. The van der Waals surface area contributed by atoms with Crippen molar-refractivity contribution in [1.29, 1.82) is 0 Å². The van der Waals surface area contributed by atoms with Crippen LogP contribution < -0.4 is 10.5 Å². The number of carbonyl (C=O) groups excluding carboxylic acids is 2. The van der Waals surface area contributed by atoms with Gasteiger partial charge in [-0.3, -0.25) is 9.59 Å². The Hall–Kier alpha value is -2.50. The summed E-state index contributed by atoms with van der Waals surface area (Å²) in [7, 11) is 1.61. The summed E-state index contributed by atoms with van der Waals surface area (Å²) in [6.45, 7) is 3.13. The number of primary amides is 1. The fourth-order valence-corrected chi connectivity index (χ4v) is 3.30. The molecule has 0 unspecified atom stereocenters. The van der Waals surface area contributed by atoms with Crippen LogP contribution in [0.1, 0.15) is 35.4 Å². The number of piperidine rings is 1. The van der Waals surface area contributed by atoms with Crippen LogP contribution in [0.25, 0.3) is 11.0 Å². The average molecular weight is 330 g/mol. The molecule has 0 atom stereocenters. The Balaban J connectivity index is 1.77. The average Bonchev–Trinajstić information content (AvgIpc) is 2.90. The quantitative estimate of drug-likeness (QED) is 0.933. The maximum Gasteiger partial charge on any atom is 0.289 e. The second-order valence-corrected chi connectivity index (χ2v) is 6.32. The molecule has 1 aromatic carbocycles. The number of fused-ring (bicyclic) bond motifs is 1. The highest BCUT2D eigenvalue weighted by Crippen LogP contribution is 2.30. The van der Waals surface area contributed by atoms with Gasteiger partial charge in [-0.2, -0.15) is 0 Å². The number of benzene rings is 1. The number of aryl methyl sites for hydroxylation is 1. The largest absolute Gasteiger partial charge is 0.497 e. The van der Waals surface area contributed by atoms with Gasteiger partial charge in [0.2, 0.25) is 5.91 Å². The van der Waals surface area contributed by atoms with Gasteiger partial charge in [0.15, 0.2) is 5.76 Å². The predicted molar refractivity (Wildman–Crippen MR) is 89.9 cm³/mol. The van der Waals surface area contributed by atoms with Crippen LogP contribution in [0.4, 0.5) is 0 Å². The smallest absolute Gasteiger partial charge is 0.289 e. The van der Waals surface area contributed by atoms with Crippen molar-refractivity contribution >= 4 is 22.8 Å². The molecular formula is C18H22N2O4. The monoisotopic (exact) mass is 330 g/mol. The molecule has 1 aliphatic heterocycles. The molecule has 3 rings (SSSR count). The number of nitrogens with two attached hydrogens (primary N) is 1. The third-order valence-corrected chi connectivity index (χ3v) is 4.73. The van der Waals surface area contributed by atoms with Gasteiger partial charge in [-0.15, -0.1) is 0 Å². The molecule has 2 N–H and O–H groups in total. The molecule has 1 aliphatic rings. The van der Waals surface area contributed by atoms with Gasteiger partial charge in [0, 0.05) is 30.5 Å². The lowest BCUT2D eigenvalue weighted by Crippen LogP contribution is -2.39. The van der Waals surface area contributed by atoms with E-state index < -0.39 is 0 Å². The van der Waals surface area contributed by atoms with Crippen LogP contribution >= 0.6 is 0 Å². The van der Waals surface area contributed by atoms with Crippen LogP contribution in [0.5, 0.6) is 5.75 Å². The number of likely N-dealkylation sites (tertiary alicyclic amines) is 1. The minimum Gasteiger partial charge on any atom is -0.497 e. The zero-order chi connectivity index (χ0) is 17.3. The van der Waals surface area contributed by atoms with E-state index >= 15 is 0 Å². The minimum atomic E-state index is -0.276. The highest BCUT2D eigenvalue weighted by Gasteiger charge is 2.28. The minimum absolute atomic E-state index is 0.0970. The van der Waals surface area contributed by atoms with Crippen molar-refractivity contribution in [3.63, 3.8) is 0 Å². The number of ether oxygens (including phenoxy) is 1. The van der Waals surface area contributed by atoms with Gasteiger partial charge in [0.1, 0.15) is 11.3 Å². The third kappa shape index (κ3) is 3.09. The molecule has 0 radical (unpaired) electrons. The van der Waals surface area contributed by atoms with Crippen LogP contribution in [0.2, 0.25) is 0 Å². The van der Waals surface area contributed by atoms with E-state index in [4.69, 9.17) is 14.9 Å². The van der Waals surface area contributed by atoms with Crippen LogP contribution in [0.3, 0.4) is 0 Å². The maximum absolute atomic E-state index is 12.8. The molecule has 24 heavy (non-hydrogen) atoms. The fraction of sp³-hybridized carbons (Fsp3) is 0.444. The Labute approximate surface area is 140 Å². The maximum atomic E-state index is 12.8. The van der Waals surface area contributed by atoms with Gasteiger partial charge < -0.3 is 19.8 Å². The van der Waals surface area contributed by atoms with Gasteiger partial charge in [-0.25, -0.2) is 0 Å². The molecule has 0 bridgehead atoms. The second kappa shape index (κ2) is 6.55. The highest BCUT2D eigenvalue weighted by atomic mass is 16.5. The molecule has 6 nitrogen and oxygen atoms in total. The van der Waals surface area contributed by atoms with Gasteiger partial charge in [0.05, 0.1) is 7.11 Å². The van der Waals surface area contributed by atoms with Crippen molar-refractivity contribution in [3.05, 3.63) is 29.5 Å². The summed E-state index contributed by atoms with van der Waals surface area (Å²) < 4.78 is 11.0. The molecular weight excluding hydrogens is 308 g/mol. The first-order chi connectivity index (χ1) is 11.5. The molecule has 0 saturated carbocycles. The molecule has 1 saturated heterocycles. The second-order valence-electron chi connectivity index (χ2n) is 6.32. The van der Waals surface area contributed by atoms with E-state index in [2.05, 4.69) is 0 Å². The highest BCUT2D eigenvalue weighted by molar-refractivity contribution is 5.99. The topological polar surface area (TPSA) is 85.8 Å². The first-order valence-corrected chi connectivity index (χ1v) is 8.14. The molecule has 6 heteroatoms. The normalized spacial score (nSPS) is 15.7. The molecule has 0 aliphatic carbocycles. The summed E-state index contributed by atoms with van der Waals surface area (Å²) in [4.78, 5) is 25.6. The number of rotatable bonds is 4. The first-order valence-electron chi connectivity index (χ1n) is 8.14. The molecule has 1 aromatic heterocycles. The van der Waals surface area contributed by atoms with Gasteiger partial charge in [-0.1, -0.05) is 0 Å². The molecule has 1 fully saturated rings. The Kier molecular flexibility index (Phi) is 4.46. The summed E-state index contributed by atoms with van der Waals surface area (Å²) in [6.07, 6.45) is 1.98.